The summed E-state index contributed by atoms with van der Waals surface area (Å²) in [6.07, 6.45) is 2.75. The first-order valence-electron chi connectivity index (χ1n) is 16.2. The molecule has 3 atom stereocenters. The van der Waals surface area contributed by atoms with E-state index < -0.39 is 12.2 Å². The number of unbranched alkanes of at least 4 members (excludes halogenated alkanes) is 2. The van der Waals surface area contributed by atoms with Gasteiger partial charge in [-0.05, 0) is 40.7 Å². The summed E-state index contributed by atoms with van der Waals surface area (Å²) in [4.78, 5) is 26.0. The number of ether oxygens (including phenoxy) is 3. The van der Waals surface area contributed by atoms with Crippen LogP contribution >= 0.6 is 0 Å². The summed E-state index contributed by atoms with van der Waals surface area (Å²) in [5, 5.41) is 21.1. The molecule has 2 amide bonds. The molecule has 0 saturated carbocycles. The summed E-state index contributed by atoms with van der Waals surface area (Å²) in [5.74, 6) is -0.439. The molecule has 0 bridgehead atoms. The predicted octanol–water partition coefficient (Wildman–Crippen LogP) is 4.80. The fourth-order valence-corrected chi connectivity index (χ4v) is 5.97. The van der Waals surface area contributed by atoms with Gasteiger partial charge in [-0.3, -0.25) is 19.7 Å². The van der Waals surface area contributed by atoms with E-state index in [0.717, 1.165) is 79.1 Å². The summed E-state index contributed by atoms with van der Waals surface area (Å²) < 4.78 is 18.6. The lowest BCUT2D eigenvalue weighted by Gasteiger charge is -2.39. The van der Waals surface area contributed by atoms with Gasteiger partial charge in [-0.2, -0.15) is 0 Å². The highest BCUT2D eigenvalue weighted by atomic mass is 16.7. The highest BCUT2D eigenvalue weighted by Gasteiger charge is 2.33. The molecule has 2 aliphatic rings. The van der Waals surface area contributed by atoms with E-state index in [9.17, 15) is 14.7 Å². The number of morpholine rings is 1. The van der Waals surface area contributed by atoms with Crippen LogP contribution < -0.4 is 10.8 Å². The predicted molar refractivity (Wildman–Crippen MR) is 172 cm³/mol. The molecule has 10 nitrogen and oxygen atoms in total. The van der Waals surface area contributed by atoms with E-state index in [1.165, 1.54) is 0 Å². The number of carbonyl (C=O) groups is 2. The lowest BCUT2D eigenvalue weighted by molar-refractivity contribution is -0.253. The SMILES string of the molecule is O=C(CCCCCC(=O)NCc1ccccc1-c1ccc([C@@H]2O[C@H](CN3CCOCC3)C[C@H](c3ccc(CO)cc3)O2)cc1)NO. The molecule has 3 aromatic carbocycles. The van der Waals surface area contributed by atoms with Crippen molar-refractivity contribution in [3.05, 3.63) is 95.1 Å². The molecule has 0 aliphatic carbocycles. The number of nitrogens with zero attached hydrogens (tertiary/aromatic N) is 1. The van der Waals surface area contributed by atoms with Gasteiger partial charge in [0.05, 0.1) is 32.0 Å². The Hall–Kier alpha value is -3.64. The Labute approximate surface area is 270 Å². The smallest absolute Gasteiger partial charge is 0.243 e. The van der Waals surface area contributed by atoms with Crippen LogP contribution in [-0.2, 0) is 37.0 Å². The number of rotatable bonds is 14. The molecular weight excluding hydrogens is 586 g/mol. The first-order valence-corrected chi connectivity index (χ1v) is 16.2. The Kier molecular flexibility index (Phi) is 12.7. The second-order valence-electron chi connectivity index (χ2n) is 11.9. The van der Waals surface area contributed by atoms with Gasteiger partial charge in [-0.1, -0.05) is 79.2 Å². The number of amides is 2. The van der Waals surface area contributed by atoms with Crippen molar-refractivity contribution in [2.75, 3.05) is 32.8 Å². The van der Waals surface area contributed by atoms with E-state index in [4.69, 9.17) is 19.4 Å². The van der Waals surface area contributed by atoms with Crippen molar-refractivity contribution < 1.29 is 34.1 Å². The monoisotopic (exact) mass is 631 g/mol. The van der Waals surface area contributed by atoms with Crippen LogP contribution in [0.5, 0.6) is 0 Å². The van der Waals surface area contributed by atoms with Crippen LogP contribution in [0.15, 0.2) is 72.8 Å². The third-order valence-corrected chi connectivity index (χ3v) is 8.60. The molecule has 0 unspecified atom stereocenters. The third kappa shape index (κ3) is 9.68. The van der Waals surface area contributed by atoms with Crippen molar-refractivity contribution in [3.8, 4) is 11.1 Å². The van der Waals surface area contributed by atoms with E-state index >= 15 is 0 Å². The van der Waals surface area contributed by atoms with Crippen molar-refractivity contribution in [1.82, 2.24) is 15.7 Å². The molecule has 2 heterocycles. The van der Waals surface area contributed by atoms with Crippen LogP contribution in [-0.4, -0.2) is 66.0 Å². The quantitative estimate of drug-likeness (QED) is 0.114. The Morgan fingerprint density at radius 3 is 2.24 bits per heavy atom. The topological polar surface area (TPSA) is 130 Å². The van der Waals surface area contributed by atoms with Gasteiger partial charge >= 0.3 is 0 Å². The van der Waals surface area contributed by atoms with E-state index in [-0.39, 0.29) is 31.1 Å². The van der Waals surface area contributed by atoms with Crippen LogP contribution in [0.2, 0.25) is 0 Å². The molecule has 46 heavy (non-hydrogen) atoms. The van der Waals surface area contributed by atoms with Crippen LogP contribution in [0.1, 0.15) is 73.2 Å². The molecule has 2 fully saturated rings. The minimum atomic E-state index is -0.524. The summed E-state index contributed by atoms with van der Waals surface area (Å²) in [6.45, 7) is 4.49. The average Bonchev–Trinajstić information content (AvgIpc) is 3.11. The molecule has 246 valence electrons. The van der Waals surface area contributed by atoms with E-state index in [2.05, 4.69) is 40.5 Å². The number of hydrogen-bond acceptors (Lipinski definition) is 8. The minimum Gasteiger partial charge on any atom is -0.392 e. The van der Waals surface area contributed by atoms with Gasteiger partial charge in [-0.15, -0.1) is 0 Å². The first kappa shape index (κ1) is 33.7. The summed E-state index contributed by atoms with van der Waals surface area (Å²) in [7, 11) is 0. The number of aliphatic hydroxyl groups is 1. The number of aliphatic hydroxyl groups excluding tert-OH is 1. The summed E-state index contributed by atoms with van der Waals surface area (Å²) in [5.41, 5.74) is 7.60. The van der Waals surface area contributed by atoms with Crippen molar-refractivity contribution >= 4 is 11.8 Å². The fraction of sp³-hybridized carbons (Fsp3) is 0.444. The van der Waals surface area contributed by atoms with E-state index in [1.54, 1.807) is 5.48 Å². The maximum absolute atomic E-state index is 12.5. The van der Waals surface area contributed by atoms with Gasteiger partial charge < -0.3 is 24.6 Å². The van der Waals surface area contributed by atoms with Crippen molar-refractivity contribution in [2.45, 2.75) is 70.2 Å². The molecule has 10 heteroatoms. The molecular formula is C36H45N3O7. The van der Waals surface area contributed by atoms with Crippen LogP contribution in [0.4, 0.5) is 0 Å². The highest BCUT2D eigenvalue weighted by Crippen LogP contribution is 2.39. The highest BCUT2D eigenvalue weighted by molar-refractivity contribution is 5.76. The second-order valence-corrected chi connectivity index (χ2v) is 11.9. The largest absolute Gasteiger partial charge is 0.392 e. The van der Waals surface area contributed by atoms with Gasteiger partial charge in [0.1, 0.15) is 0 Å². The van der Waals surface area contributed by atoms with E-state index in [1.807, 2.05) is 42.5 Å². The van der Waals surface area contributed by atoms with Crippen LogP contribution in [0.25, 0.3) is 11.1 Å². The molecule has 4 N–H and O–H groups in total. The lowest BCUT2D eigenvalue weighted by Crippen LogP contribution is -2.44. The van der Waals surface area contributed by atoms with E-state index in [0.29, 0.717) is 25.8 Å². The second kappa shape index (κ2) is 17.3. The zero-order valence-electron chi connectivity index (χ0n) is 26.2. The Balaban J connectivity index is 1.22. The van der Waals surface area contributed by atoms with Gasteiger partial charge in [0.15, 0.2) is 6.29 Å². The Morgan fingerprint density at radius 1 is 0.826 bits per heavy atom. The molecule has 0 aromatic heterocycles. The summed E-state index contributed by atoms with van der Waals surface area (Å²) in [6, 6.07) is 24.2. The van der Waals surface area contributed by atoms with Crippen molar-refractivity contribution in [1.29, 1.82) is 0 Å². The molecule has 0 spiro atoms. The number of benzene rings is 3. The van der Waals surface area contributed by atoms with Crippen LogP contribution in [0, 0.1) is 0 Å². The van der Waals surface area contributed by atoms with Crippen molar-refractivity contribution in [2.24, 2.45) is 0 Å². The molecule has 0 radical (unpaired) electrons. The fourth-order valence-electron chi connectivity index (χ4n) is 5.97. The summed E-state index contributed by atoms with van der Waals surface area (Å²) >= 11 is 0. The molecule has 2 saturated heterocycles. The van der Waals surface area contributed by atoms with Gasteiger partial charge in [0, 0.05) is 51.0 Å². The first-order chi connectivity index (χ1) is 22.5. The lowest BCUT2D eigenvalue weighted by atomic mass is 9.97. The Bertz CT molecular complexity index is 1390. The van der Waals surface area contributed by atoms with Crippen LogP contribution in [0.3, 0.4) is 0 Å². The third-order valence-electron chi connectivity index (χ3n) is 8.60. The van der Waals surface area contributed by atoms with Gasteiger partial charge in [0.25, 0.3) is 0 Å². The van der Waals surface area contributed by atoms with Gasteiger partial charge in [-0.25, -0.2) is 5.48 Å². The molecule has 5 rings (SSSR count). The van der Waals surface area contributed by atoms with Crippen molar-refractivity contribution in [3.63, 3.8) is 0 Å². The van der Waals surface area contributed by atoms with Gasteiger partial charge in [0.2, 0.25) is 11.8 Å². The zero-order valence-corrected chi connectivity index (χ0v) is 26.2. The normalized spacial score (nSPS) is 20.3. The number of nitrogens with one attached hydrogen (secondary N) is 2. The maximum Gasteiger partial charge on any atom is 0.243 e. The standard InChI is InChI=1S/C36H45N3O7/c40-25-26-10-12-28(13-11-26)33-22-31(24-39-18-20-44-21-19-39)45-36(46-33)29-16-14-27(15-17-29)32-7-5-4-6-30(32)23-37-34(41)8-2-1-3-9-35(42)38-43/h4-7,10-17,31,33,36,40,43H,1-3,8-9,18-25H2,(H,37,41)(H,38,42)/t31-,33+,36+/m0/s1. The Morgan fingerprint density at radius 2 is 1.52 bits per heavy atom. The number of hydrogen-bond donors (Lipinski definition) is 4. The minimum absolute atomic E-state index is 0.00803. The number of hydroxylamine groups is 1. The number of carbonyl (C=O) groups excluding carboxylic acids is 2. The average molecular weight is 632 g/mol. The zero-order chi connectivity index (χ0) is 32.1. The molecule has 2 aliphatic heterocycles. The maximum atomic E-state index is 12.5. The molecule has 3 aromatic rings.